The van der Waals surface area contributed by atoms with E-state index in [4.69, 9.17) is 10.1 Å². The third-order valence-corrected chi connectivity index (χ3v) is 4.28. The molecule has 156 valence electrons. The number of anilines is 1. The van der Waals surface area contributed by atoms with Crippen LogP contribution in [0.1, 0.15) is 30.5 Å². The summed E-state index contributed by atoms with van der Waals surface area (Å²) in [6, 6.07) is 22.8. The summed E-state index contributed by atoms with van der Waals surface area (Å²) in [7, 11) is 1.64. The van der Waals surface area contributed by atoms with Gasteiger partial charge in [-0.15, -0.1) is 5.11 Å². The molecule has 0 amide bonds. The summed E-state index contributed by atoms with van der Waals surface area (Å²) >= 11 is 0. The average molecular weight is 412 g/mol. The Morgan fingerprint density at radius 3 is 2.32 bits per heavy atom. The van der Waals surface area contributed by atoms with Gasteiger partial charge in [-0.05, 0) is 74.5 Å². The lowest BCUT2D eigenvalue weighted by Crippen LogP contribution is -2.29. The highest BCUT2D eigenvalue weighted by atomic mass is 16.5. The Bertz CT molecular complexity index is 1110. The number of nitrogens with one attached hydrogen (secondary N) is 3. The third kappa shape index (κ3) is 6.44. The number of hydrogen-bond donors (Lipinski definition) is 3. The highest BCUT2D eigenvalue weighted by Gasteiger charge is 2.03. The Morgan fingerprint density at radius 1 is 0.935 bits per heavy atom. The van der Waals surface area contributed by atoms with E-state index < -0.39 is 0 Å². The van der Waals surface area contributed by atoms with Crippen molar-refractivity contribution in [3.05, 3.63) is 89.5 Å². The number of hydrogen-bond acceptors (Lipinski definition) is 4. The van der Waals surface area contributed by atoms with E-state index in [1.165, 1.54) is 0 Å². The molecule has 31 heavy (non-hydrogen) atoms. The van der Waals surface area contributed by atoms with Gasteiger partial charge in [0.15, 0.2) is 0 Å². The molecule has 0 unspecified atom stereocenters. The van der Waals surface area contributed by atoms with Gasteiger partial charge < -0.3 is 10.1 Å². The molecular formula is C25H25N5O. The van der Waals surface area contributed by atoms with Crippen LogP contribution >= 0.6 is 0 Å². The number of ether oxygens (including phenoxy) is 1. The van der Waals surface area contributed by atoms with Crippen LogP contribution in [0.25, 0.3) is 0 Å². The fraction of sp³-hybridized carbons (Fsp3) is 0.160. The molecule has 0 aliphatic heterocycles. The molecule has 0 fully saturated rings. The zero-order chi connectivity index (χ0) is 22.1. The Hall–Kier alpha value is -4.11. The van der Waals surface area contributed by atoms with Crippen molar-refractivity contribution in [2.24, 2.45) is 10.3 Å². The van der Waals surface area contributed by atoms with E-state index >= 15 is 0 Å². The van der Waals surface area contributed by atoms with Crippen molar-refractivity contribution in [2.75, 3.05) is 12.5 Å². The molecule has 3 aromatic rings. The van der Waals surface area contributed by atoms with Crippen molar-refractivity contribution < 1.29 is 4.74 Å². The van der Waals surface area contributed by atoms with Crippen LogP contribution in [0.3, 0.4) is 0 Å². The quantitative estimate of drug-likeness (QED) is 0.164. The topological polar surface area (TPSA) is 81.9 Å². The van der Waals surface area contributed by atoms with Crippen molar-refractivity contribution in [3.8, 4) is 17.6 Å². The van der Waals surface area contributed by atoms with E-state index in [9.17, 15) is 0 Å². The zero-order valence-corrected chi connectivity index (χ0v) is 17.8. The van der Waals surface area contributed by atoms with Crippen LogP contribution in [0.5, 0.6) is 5.75 Å². The average Bonchev–Trinajstić information content (AvgIpc) is 2.79. The van der Waals surface area contributed by atoms with E-state index in [-0.39, 0.29) is 6.04 Å². The van der Waals surface area contributed by atoms with Gasteiger partial charge in [-0.1, -0.05) is 29.2 Å². The van der Waals surface area contributed by atoms with Gasteiger partial charge in [0.2, 0.25) is 0 Å². The second-order valence-corrected chi connectivity index (χ2v) is 7.06. The molecule has 0 aromatic heterocycles. The van der Waals surface area contributed by atoms with Crippen LogP contribution in [0.15, 0.2) is 83.1 Å². The number of para-hydroxylation sites is 1. The molecule has 0 atom stereocenters. The normalized spacial score (nSPS) is 10.5. The van der Waals surface area contributed by atoms with Gasteiger partial charge in [0.05, 0.1) is 18.5 Å². The second-order valence-electron chi connectivity index (χ2n) is 7.06. The van der Waals surface area contributed by atoms with Crippen LogP contribution in [0.4, 0.5) is 11.4 Å². The minimum Gasteiger partial charge on any atom is -0.497 e. The van der Waals surface area contributed by atoms with Crippen molar-refractivity contribution >= 4 is 17.2 Å². The summed E-state index contributed by atoms with van der Waals surface area (Å²) in [4.78, 5) is 0. The van der Waals surface area contributed by atoms with E-state index in [1.54, 1.807) is 7.11 Å². The molecule has 3 N–H and O–H groups in total. The number of benzene rings is 3. The molecule has 0 heterocycles. The first kappa shape index (κ1) is 21.6. The minimum atomic E-state index is 0.212. The zero-order valence-electron chi connectivity index (χ0n) is 17.8. The lowest BCUT2D eigenvalue weighted by atomic mass is 10.1. The number of methoxy groups -OCH3 is 1. The van der Waals surface area contributed by atoms with Gasteiger partial charge in [-0.3, -0.25) is 10.8 Å². The molecule has 6 nitrogen and oxygen atoms in total. The van der Waals surface area contributed by atoms with E-state index in [1.807, 2.05) is 86.6 Å². The monoisotopic (exact) mass is 411 g/mol. The third-order valence-electron chi connectivity index (χ3n) is 4.28. The fourth-order valence-electron chi connectivity index (χ4n) is 2.71. The maximum atomic E-state index is 8.03. The van der Waals surface area contributed by atoms with Crippen LogP contribution in [0, 0.1) is 17.3 Å². The highest BCUT2D eigenvalue weighted by molar-refractivity contribution is 5.96. The van der Waals surface area contributed by atoms with Gasteiger partial charge >= 0.3 is 0 Å². The lowest BCUT2D eigenvalue weighted by molar-refractivity contribution is 0.415. The Morgan fingerprint density at radius 2 is 1.65 bits per heavy atom. The molecule has 3 aromatic carbocycles. The standard InChI is InChI=1S/C25H25N5O/c1-18(2)27-25(26)21-12-14-22(15-13-21)28-30-29-24-7-5-4-6-20(24)11-8-19-9-16-23(31-3)17-10-19/h4-7,9-10,12-18H,1-3H3,(H2,26,27)(H,28,29). The second kappa shape index (κ2) is 10.6. The molecule has 0 spiro atoms. The molecule has 0 saturated heterocycles. The number of nitrogens with zero attached hydrogens (tertiary/aromatic N) is 2. The summed E-state index contributed by atoms with van der Waals surface area (Å²) in [6.45, 7) is 4.00. The first-order valence-corrected chi connectivity index (χ1v) is 9.92. The largest absolute Gasteiger partial charge is 0.497 e. The number of amidine groups is 1. The first-order valence-electron chi connectivity index (χ1n) is 9.92. The van der Waals surface area contributed by atoms with Crippen LogP contribution in [-0.2, 0) is 0 Å². The van der Waals surface area contributed by atoms with Crippen LogP contribution in [0.2, 0.25) is 0 Å². The summed E-state index contributed by atoms with van der Waals surface area (Å²) in [5.74, 6) is 7.50. The van der Waals surface area contributed by atoms with Crippen molar-refractivity contribution in [1.82, 2.24) is 5.32 Å². The van der Waals surface area contributed by atoms with Crippen LogP contribution < -0.4 is 15.5 Å². The lowest BCUT2D eigenvalue weighted by Gasteiger charge is -2.10. The Kier molecular flexibility index (Phi) is 7.39. The van der Waals surface area contributed by atoms with Gasteiger partial charge in [0.1, 0.15) is 11.6 Å². The highest BCUT2D eigenvalue weighted by Crippen LogP contribution is 2.17. The maximum absolute atomic E-state index is 8.03. The maximum Gasteiger partial charge on any atom is 0.125 e. The van der Waals surface area contributed by atoms with E-state index in [0.29, 0.717) is 11.5 Å². The predicted molar refractivity (Wildman–Crippen MR) is 125 cm³/mol. The van der Waals surface area contributed by atoms with Gasteiger partial charge in [-0.25, -0.2) is 0 Å². The van der Waals surface area contributed by atoms with Gasteiger partial charge in [0.25, 0.3) is 0 Å². The summed E-state index contributed by atoms with van der Waals surface area (Å²) in [5, 5.41) is 19.4. The Labute approximate surface area is 182 Å². The summed E-state index contributed by atoms with van der Waals surface area (Å²) in [5.41, 5.74) is 6.94. The van der Waals surface area contributed by atoms with Gasteiger partial charge in [0, 0.05) is 22.7 Å². The molecule has 0 aliphatic rings. The predicted octanol–water partition coefficient (Wildman–Crippen LogP) is 5.53. The Balaban J connectivity index is 1.66. The van der Waals surface area contributed by atoms with E-state index in [0.717, 1.165) is 28.1 Å². The minimum absolute atomic E-state index is 0.212. The summed E-state index contributed by atoms with van der Waals surface area (Å²) in [6.07, 6.45) is 0. The van der Waals surface area contributed by atoms with Crippen molar-refractivity contribution in [1.29, 1.82) is 5.41 Å². The molecule has 0 radical (unpaired) electrons. The van der Waals surface area contributed by atoms with Crippen LogP contribution in [-0.4, -0.2) is 19.0 Å². The molecule has 6 heteroatoms. The SMILES string of the molecule is COc1ccc(C#Cc2ccccc2N/N=N/c2ccc(C(=N)NC(C)C)cc2)cc1. The molecule has 3 rings (SSSR count). The van der Waals surface area contributed by atoms with E-state index in [2.05, 4.69) is 32.9 Å². The molecule has 0 aliphatic carbocycles. The van der Waals surface area contributed by atoms with Gasteiger partial charge in [-0.2, -0.15) is 0 Å². The summed E-state index contributed by atoms with van der Waals surface area (Å²) < 4.78 is 5.17. The molecule has 0 saturated carbocycles. The first-order chi connectivity index (χ1) is 15.0. The molecule has 0 bridgehead atoms. The molecular weight excluding hydrogens is 386 g/mol. The van der Waals surface area contributed by atoms with Crippen molar-refractivity contribution in [3.63, 3.8) is 0 Å². The fourth-order valence-corrected chi connectivity index (χ4v) is 2.71. The smallest absolute Gasteiger partial charge is 0.125 e. The van der Waals surface area contributed by atoms with Crippen molar-refractivity contribution in [2.45, 2.75) is 19.9 Å². The number of rotatable bonds is 6.